The number of hydrogen-bond donors (Lipinski definition) is 0. The van der Waals surface area contributed by atoms with E-state index in [9.17, 15) is 0 Å². The maximum Gasteiger partial charge on any atom is 0.252 e. The third kappa shape index (κ3) is 5.06. The molecule has 0 aliphatic carbocycles. The molecule has 4 heteroatoms. The second-order valence-corrected chi connectivity index (χ2v) is 18.1. The second-order valence-electron chi connectivity index (χ2n) is 8.53. The highest BCUT2D eigenvalue weighted by molar-refractivity contribution is 6.80. The van der Waals surface area contributed by atoms with Crippen LogP contribution >= 0.6 is 0 Å². The lowest BCUT2D eigenvalue weighted by atomic mass is 10.2. The lowest BCUT2D eigenvalue weighted by Crippen LogP contribution is -2.44. The number of hydrogen-bond acceptors (Lipinski definition) is 2. The van der Waals surface area contributed by atoms with E-state index in [1.165, 1.54) is 0 Å². The zero-order chi connectivity index (χ0) is 15.7. The highest BCUT2D eigenvalue weighted by atomic mass is 28.4. The number of nitrogens with zero attached hydrogens (tertiary/aromatic N) is 1. The molecule has 0 amide bonds. The van der Waals surface area contributed by atoms with Gasteiger partial charge in [-0.25, -0.2) is 0 Å². The molecular weight excluding hydrogens is 266 g/mol. The van der Waals surface area contributed by atoms with Gasteiger partial charge >= 0.3 is 0 Å². The van der Waals surface area contributed by atoms with Gasteiger partial charge < -0.3 is 4.43 Å². The summed E-state index contributed by atoms with van der Waals surface area (Å²) in [4.78, 5) is 0. The summed E-state index contributed by atoms with van der Waals surface area (Å²) in [6, 6.07) is 0. The molecule has 0 unspecified atom stereocenters. The molecule has 0 saturated heterocycles. The Kier molecular flexibility index (Phi) is 5.69. The summed E-state index contributed by atoms with van der Waals surface area (Å²) in [5.74, 6) is 0.984. The summed E-state index contributed by atoms with van der Waals surface area (Å²) in [7, 11) is -3.42. The highest BCUT2D eigenvalue weighted by Crippen LogP contribution is 2.39. The Labute approximate surface area is 123 Å². The Hall–Kier alpha value is -0.0962. The Morgan fingerprint density at radius 1 is 0.895 bits per heavy atom. The predicted octanol–water partition coefficient (Wildman–Crippen LogP) is 5.82. The van der Waals surface area contributed by atoms with E-state index in [-0.39, 0.29) is 10.1 Å². The fourth-order valence-electron chi connectivity index (χ4n) is 1.10. The minimum Gasteiger partial charge on any atom is -0.534 e. The van der Waals surface area contributed by atoms with Crippen molar-refractivity contribution in [1.29, 1.82) is 0 Å². The molecule has 0 bridgehead atoms. The van der Waals surface area contributed by atoms with E-state index in [0.717, 1.165) is 12.3 Å². The smallest absolute Gasteiger partial charge is 0.252 e. The minimum atomic E-state index is -1.76. The van der Waals surface area contributed by atoms with Crippen molar-refractivity contribution in [3.63, 3.8) is 0 Å². The molecule has 0 aromatic carbocycles. The van der Waals surface area contributed by atoms with Crippen molar-refractivity contribution in [2.45, 2.75) is 91.2 Å². The van der Waals surface area contributed by atoms with Crippen LogP contribution in [-0.4, -0.2) is 22.5 Å². The van der Waals surface area contributed by atoms with Gasteiger partial charge in [0, 0.05) is 6.42 Å². The van der Waals surface area contributed by atoms with Crippen LogP contribution in [0.4, 0.5) is 0 Å². The van der Waals surface area contributed by atoms with Crippen molar-refractivity contribution in [2.24, 2.45) is 4.66 Å². The first kappa shape index (κ1) is 18.9. The summed E-state index contributed by atoms with van der Waals surface area (Å²) >= 11 is 0. The lowest BCUT2D eigenvalue weighted by molar-refractivity contribution is 0.475. The van der Waals surface area contributed by atoms with Gasteiger partial charge in [-0.05, 0) is 36.3 Å². The SMILES string of the molecule is CC/C(=N\[Si](C)(C)C(C)(C)C)O[Si](C)(C)C(C)(C)C. The van der Waals surface area contributed by atoms with Crippen molar-refractivity contribution < 1.29 is 4.43 Å². The number of rotatable bonds is 3. The quantitative estimate of drug-likeness (QED) is 0.365. The van der Waals surface area contributed by atoms with Crippen LogP contribution in [0.3, 0.4) is 0 Å². The van der Waals surface area contributed by atoms with Crippen LogP contribution in [0, 0.1) is 0 Å². The Morgan fingerprint density at radius 2 is 1.32 bits per heavy atom. The first-order chi connectivity index (χ1) is 8.14. The molecule has 0 heterocycles. The fourth-order valence-corrected chi connectivity index (χ4v) is 3.44. The summed E-state index contributed by atoms with van der Waals surface area (Å²) in [6.45, 7) is 25.1. The molecule has 0 N–H and O–H groups in total. The molecule has 0 aromatic rings. The van der Waals surface area contributed by atoms with Gasteiger partial charge in [0.25, 0.3) is 8.32 Å². The first-order valence-corrected chi connectivity index (χ1v) is 13.3. The average molecular weight is 302 g/mol. The van der Waals surface area contributed by atoms with Crippen molar-refractivity contribution in [1.82, 2.24) is 0 Å². The fraction of sp³-hybridized carbons (Fsp3) is 0.933. The van der Waals surface area contributed by atoms with Crippen LogP contribution in [0.15, 0.2) is 4.66 Å². The van der Waals surface area contributed by atoms with Gasteiger partial charge in [0.05, 0.1) is 0 Å². The zero-order valence-electron chi connectivity index (χ0n) is 15.1. The van der Waals surface area contributed by atoms with E-state index in [4.69, 9.17) is 9.08 Å². The van der Waals surface area contributed by atoms with E-state index in [0.29, 0.717) is 0 Å². The van der Waals surface area contributed by atoms with E-state index in [2.05, 4.69) is 74.7 Å². The lowest BCUT2D eigenvalue weighted by Gasteiger charge is -2.39. The molecule has 114 valence electrons. The van der Waals surface area contributed by atoms with Crippen molar-refractivity contribution in [3.05, 3.63) is 0 Å². The molecular formula is C15H35NOSi2. The summed E-state index contributed by atoms with van der Waals surface area (Å²) < 4.78 is 11.5. The van der Waals surface area contributed by atoms with E-state index < -0.39 is 16.6 Å². The molecule has 19 heavy (non-hydrogen) atoms. The minimum absolute atomic E-state index is 0.233. The van der Waals surface area contributed by atoms with E-state index in [1.807, 2.05) is 0 Å². The van der Waals surface area contributed by atoms with Crippen LogP contribution in [0.25, 0.3) is 0 Å². The van der Waals surface area contributed by atoms with Gasteiger partial charge in [-0.2, -0.15) is 0 Å². The van der Waals surface area contributed by atoms with E-state index in [1.54, 1.807) is 0 Å². The van der Waals surface area contributed by atoms with Crippen molar-refractivity contribution in [2.75, 3.05) is 0 Å². The molecule has 0 aliphatic rings. The molecule has 2 nitrogen and oxygen atoms in total. The van der Waals surface area contributed by atoms with Gasteiger partial charge in [-0.1, -0.05) is 48.5 Å². The maximum absolute atomic E-state index is 6.41. The molecule has 0 radical (unpaired) electrons. The first-order valence-electron chi connectivity index (χ1n) is 7.42. The molecule has 0 aromatic heterocycles. The molecule has 0 rings (SSSR count). The summed E-state index contributed by atoms with van der Waals surface area (Å²) in [5.41, 5.74) is 0. The third-order valence-corrected chi connectivity index (χ3v) is 13.6. The van der Waals surface area contributed by atoms with Crippen molar-refractivity contribution >= 4 is 22.5 Å². The van der Waals surface area contributed by atoms with Gasteiger partial charge in [0.2, 0.25) is 0 Å². The van der Waals surface area contributed by atoms with Gasteiger partial charge in [0.1, 0.15) is 0 Å². The molecule has 0 spiro atoms. The standard InChI is InChI=1S/C15H35NOSi2/c1-12-13(16-18(8,9)14(2,3)4)17-19(10,11)15(5,6)7/h12H2,1-11H3/b16-13+. The molecule has 0 fully saturated rings. The highest BCUT2D eigenvalue weighted by Gasteiger charge is 2.41. The van der Waals surface area contributed by atoms with Crippen LogP contribution in [0.1, 0.15) is 54.9 Å². The van der Waals surface area contributed by atoms with Gasteiger partial charge in [0.15, 0.2) is 14.1 Å². The maximum atomic E-state index is 6.41. The van der Waals surface area contributed by atoms with E-state index >= 15 is 0 Å². The van der Waals surface area contributed by atoms with Crippen LogP contribution < -0.4 is 0 Å². The summed E-state index contributed by atoms with van der Waals surface area (Å²) in [5, 5.41) is 0.501. The van der Waals surface area contributed by atoms with Gasteiger partial charge in [-0.3, -0.25) is 4.66 Å². The molecule has 0 atom stereocenters. The Balaban J connectivity index is 5.27. The largest absolute Gasteiger partial charge is 0.534 e. The Morgan fingerprint density at radius 3 is 1.58 bits per heavy atom. The third-order valence-electron chi connectivity index (χ3n) is 4.72. The molecule has 0 saturated carbocycles. The Bertz CT molecular complexity index is 333. The van der Waals surface area contributed by atoms with Crippen LogP contribution in [-0.2, 0) is 4.43 Å². The van der Waals surface area contributed by atoms with Crippen LogP contribution in [0.5, 0.6) is 0 Å². The van der Waals surface area contributed by atoms with Crippen LogP contribution in [0.2, 0.25) is 36.3 Å². The topological polar surface area (TPSA) is 21.6 Å². The second kappa shape index (κ2) is 5.72. The average Bonchev–Trinajstić information content (AvgIpc) is 2.12. The zero-order valence-corrected chi connectivity index (χ0v) is 17.1. The molecule has 0 aliphatic heterocycles. The monoisotopic (exact) mass is 301 g/mol. The van der Waals surface area contributed by atoms with Gasteiger partial charge in [-0.15, -0.1) is 0 Å². The normalized spacial score (nSPS) is 15.6. The summed E-state index contributed by atoms with van der Waals surface area (Å²) in [6.07, 6.45) is 0.902. The van der Waals surface area contributed by atoms with Crippen molar-refractivity contribution in [3.8, 4) is 0 Å². The predicted molar refractivity (Wildman–Crippen MR) is 93.2 cm³/mol.